The summed E-state index contributed by atoms with van der Waals surface area (Å²) in [7, 11) is -3.31. The van der Waals surface area contributed by atoms with Crippen molar-refractivity contribution in [1.82, 2.24) is 14.6 Å². The maximum Gasteiger partial charge on any atom is 0.573 e. The van der Waals surface area contributed by atoms with E-state index in [1.807, 2.05) is 0 Å². The molecule has 0 fully saturated rings. The van der Waals surface area contributed by atoms with E-state index in [0.717, 1.165) is 18.4 Å². The molecule has 0 atom stereocenters. The second-order valence-corrected chi connectivity index (χ2v) is 8.52. The summed E-state index contributed by atoms with van der Waals surface area (Å²) in [5, 5.41) is 4.36. The van der Waals surface area contributed by atoms with Gasteiger partial charge in [-0.2, -0.15) is 0 Å². The van der Waals surface area contributed by atoms with Crippen LogP contribution in [0.5, 0.6) is 17.4 Å². The minimum Gasteiger partial charge on any atom is -0.438 e. The number of aromatic nitrogens is 3. The summed E-state index contributed by atoms with van der Waals surface area (Å²) in [6.45, 7) is 0. The van der Waals surface area contributed by atoms with Gasteiger partial charge in [-0.05, 0) is 42.5 Å². The maximum atomic E-state index is 12.3. The number of ether oxygens (including phenoxy) is 2. The highest BCUT2D eigenvalue weighted by Crippen LogP contribution is 2.28. The van der Waals surface area contributed by atoms with Crippen LogP contribution >= 0.6 is 0 Å². The Morgan fingerprint density at radius 3 is 2.16 bits per heavy atom. The number of imidazole rings is 1. The van der Waals surface area contributed by atoms with Crippen LogP contribution in [0.15, 0.2) is 71.8 Å². The molecule has 0 radical (unpaired) electrons. The van der Waals surface area contributed by atoms with E-state index in [9.17, 15) is 21.6 Å². The Kier molecular flexibility index (Phi) is 5.05. The van der Waals surface area contributed by atoms with Crippen LogP contribution in [0.25, 0.3) is 16.9 Å². The van der Waals surface area contributed by atoms with Gasteiger partial charge in [-0.15, -0.1) is 18.3 Å². The summed E-state index contributed by atoms with van der Waals surface area (Å²) in [4.78, 5) is 4.46. The van der Waals surface area contributed by atoms with Crippen molar-refractivity contribution in [3.8, 4) is 28.6 Å². The third-order valence-corrected chi connectivity index (χ3v) is 5.32. The van der Waals surface area contributed by atoms with E-state index < -0.39 is 16.2 Å². The molecule has 0 saturated heterocycles. The number of alkyl halides is 3. The number of hydrogen-bond acceptors (Lipinski definition) is 6. The first-order valence-corrected chi connectivity index (χ1v) is 10.7. The van der Waals surface area contributed by atoms with Crippen molar-refractivity contribution in [2.24, 2.45) is 0 Å². The van der Waals surface area contributed by atoms with E-state index in [1.165, 1.54) is 28.8 Å². The van der Waals surface area contributed by atoms with Crippen molar-refractivity contribution >= 4 is 15.5 Å². The number of fused-ring (bicyclic) bond motifs is 1. The zero-order valence-corrected chi connectivity index (χ0v) is 16.7. The molecule has 2 aromatic carbocycles. The molecule has 0 bridgehead atoms. The molecule has 4 aromatic rings. The number of rotatable bonds is 5. The minimum absolute atomic E-state index is 0.184. The topological polar surface area (TPSA) is 82.8 Å². The molecule has 0 amide bonds. The summed E-state index contributed by atoms with van der Waals surface area (Å²) in [5.74, 6) is 0.0854. The van der Waals surface area contributed by atoms with Crippen molar-refractivity contribution in [3.63, 3.8) is 0 Å². The SMILES string of the molecule is CS(=O)(=O)c1ccc(-c2cnc3ccc(Oc4ccc(OC(F)(F)F)cc4)nn23)cc1. The third kappa shape index (κ3) is 4.77. The predicted molar refractivity (Wildman–Crippen MR) is 105 cm³/mol. The molecule has 31 heavy (non-hydrogen) atoms. The molecule has 0 spiro atoms. The zero-order chi connectivity index (χ0) is 22.2. The van der Waals surface area contributed by atoms with Crippen molar-refractivity contribution in [1.29, 1.82) is 0 Å². The number of halogens is 3. The van der Waals surface area contributed by atoms with E-state index in [2.05, 4.69) is 14.8 Å². The molecule has 2 aromatic heterocycles. The van der Waals surface area contributed by atoms with Gasteiger partial charge in [-0.25, -0.2) is 17.9 Å². The van der Waals surface area contributed by atoms with Gasteiger partial charge in [0.05, 0.1) is 16.8 Å². The van der Waals surface area contributed by atoms with Crippen LogP contribution < -0.4 is 9.47 Å². The smallest absolute Gasteiger partial charge is 0.438 e. The highest BCUT2D eigenvalue weighted by Gasteiger charge is 2.31. The summed E-state index contributed by atoms with van der Waals surface area (Å²) < 4.78 is 71.0. The van der Waals surface area contributed by atoms with Crippen molar-refractivity contribution in [2.75, 3.05) is 6.26 Å². The highest BCUT2D eigenvalue weighted by molar-refractivity contribution is 7.90. The normalized spacial score (nSPS) is 12.1. The van der Waals surface area contributed by atoms with Crippen LogP contribution in [0.4, 0.5) is 13.2 Å². The van der Waals surface area contributed by atoms with Crippen LogP contribution in [-0.4, -0.2) is 35.6 Å². The lowest BCUT2D eigenvalue weighted by Gasteiger charge is -2.10. The van der Waals surface area contributed by atoms with Gasteiger partial charge in [0.1, 0.15) is 11.5 Å². The molecule has 0 aliphatic heterocycles. The fourth-order valence-corrected chi connectivity index (χ4v) is 3.44. The Bertz CT molecular complexity index is 1330. The Balaban J connectivity index is 1.60. The molecule has 0 saturated carbocycles. The standard InChI is InChI=1S/C20H14F3N3O4S/c1-31(27,28)16-8-2-13(3-9-16)17-12-24-18-10-11-19(25-26(17)18)29-14-4-6-15(7-5-14)30-20(21,22)23/h2-12H,1H3. The van der Waals surface area contributed by atoms with E-state index in [1.54, 1.807) is 30.5 Å². The molecular formula is C20H14F3N3O4S. The summed E-state index contributed by atoms with van der Waals surface area (Å²) in [6.07, 6.45) is -2.06. The Morgan fingerprint density at radius 2 is 1.55 bits per heavy atom. The average molecular weight is 449 g/mol. The van der Waals surface area contributed by atoms with Gasteiger partial charge in [-0.3, -0.25) is 0 Å². The summed E-state index contributed by atoms with van der Waals surface area (Å²) in [6, 6.07) is 14.4. The van der Waals surface area contributed by atoms with E-state index in [0.29, 0.717) is 16.9 Å². The van der Waals surface area contributed by atoms with Gasteiger partial charge in [0.25, 0.3) is 0 Å². The van der Waals surface area contributed by atoms with Gasteiger partial charge in [0.15, 0.2) is 15.5 Å². The lowest BCUT2D eigenvalue weighted by atomic mass is 10.2. The van der Waals surface area contributed by atoms with E-state index in [-0.39, 0.29) is 22.3 Å². The van der Waals surface area contributed by atoms with E-state index in [4.69, 9.17) is 4.74 Å². The molecule has 0 unspecified atom stereocenters. The van der Waals surface area contributed by atoms with Crippen LogP contribution in [-0.2, 0) is 9.84 Å². The molecule has 0 aliphatic carbocycles. The predicted octanol–water partition coefficient (Wildman–Crippen LogP) is 4.49. The largest absolute Gasteiger partial charge is 0.573 e. The first-order chi connectivity index (χ1) is 14.6. The second-order valence-electron chi connectivity index (χ2n) is 6.50. The molecular weight excluding hydrogens is 435 g/mol. The zero-order valence-electron chi connectivity index (χ0n) is 15.9. The van der Waals surface area contributed by atoms with Gasteiger partial charge in [0, 0.05) is 17.9 Å². The fourth-order valence-electron chi connectivity index (χ4n) is 2.81. The summed E-state index contributed by atoms with van der Waals surface area (Å²) >= 11 is 0. The lowest BCUT2D eigenvalue weighted by Crippen LogP contribution is -2.16. The molecule has 0 aliphatic rings. The molecule has 4 rings (SSSR count). The monoisotopic (exact) mass is 449 g/mol. The maximum absolute atomic E-state index is 12.3. The third-order valence-electron chi connectivity index (χ3n) is 4.20. The molecule has 0 N–H and O–H groups in total. The average Bonchev–Trinajstić information content (AvgIpc) is 3.11. The van der Waals surface area contributed by atoms with Crippen LogP contribution in [0.2, 0.25) is 0 Å². The summed E-state index contributed by atoms with van der Waals surface area (Å²) in [5.41, 5.74) is 1.83. The van der Waals surface area contributed by atoms with E-state index >= 15 is 0 Å². The Labute approximate surface area is 174 Å². The van der Waals surface area contributed by atoms with Gasteiger partial charge in [-0.1, -0.05) is 12.1 Å². The second kappa shape index (κ2) is 7.58. The number of nitrogens with zero attached hydrogens (tertiary/aromatic N) is 3. The van der Waals surface area contributed by atoms with Crippen molar-refractivity contribution < 1.29 is 31.1 Å². The van der Waals surface area contributed by atoms with Crippen LogP contribution in [0.1, 0.15) is 0 Å². The minimum atomic E-state index is -4.77. The number of sulfone groups is 1. The molecule has 7 nitrogen and oxygen atoms in total. The Morgan fingerprint density at radius 1 is 0.903 bits per heavy atom. The first kappa shape index (κ1) is 20.7. The first-order valence-electron chi connectivity index (χ1n) is 8.77. The van der Waals surface area contributed by atoms with Gasteiger partial charge in [0.2, 0.25) is 5.88 Å². The van der Waals surface area contributed by atoms with Gasteiger partial charge < -0.3 is 9.47 Å². The highest BCUT2D eigenvalue weighted by atomic mass is 32.2. The number of benzene rings is 2. The quantitative estimate of drug-likeness (QED) is 0.447. The van der Waals surface area contributed by atoms with Crippen LogP contribution in [0, 0.1) is 0 Å². The van der Waals surface area contributed by atoms with Gasteiger partial charge >= 0.3 is 6.36 Å². The molecule has 11 heteroatoms. The van der Waals surface area contributed by atoms with Crippen LogP contribution in [0.3, 0.4) is 0 Å². The van der Waals surface area contributed by atoms with Crippen molar-refractivity contribution in [3.05, 3.63) is 66.9 Å². The van der Waals surface area contributed by atoms with Crippen molar-refractivity contribution in [2.45, 2.75) is 11.3 Å². The fraction of sp³-hybridized carbons (Fsp3) is 0.100. The Hall–Kier alpha value is -3.60. The molecule has 2 heterocycles. The molecule has 160 valence electrons. The lowest BCUT2D eigenvalue weighted by molar-refractivity contribution is -0.274. The number of hydrogen-bond donors (Lipinski definition) is 0.